The van der Waals surface area contributed by atoms with Gasteiger partial charge in [-0.05, 0) is 24.6 Å². The van der Waals surface area contributed by atoms with E-state index in [-0.39, 0.29) is 12.5 Å². The van der Waals surface area contributed by atoms with Crippen molar-refractivity contribution in [3.63, 3.8) is 0 Å². The number of carbonyl (C=O) groups is 1. The smallest absolute Gasteiger partial charge is 0.243 e. The summed E-state index contributed by atoms with van der Waals surface area (Å²) in [7, 11) is 3.25. The first-order valence-electron chi connectivity index (χ1n) is 7.72. The quantitative estimate of drug-likeness (QED) is 0.336. The van der Waals surface area contributed by atoms with Crippen LogP contribution in [-0.2, 0) is 14.3 Å². The van der Waals surface area contributed by atoms with Gasteiger partial charge in [-0.15, -0.1) is 0 Å². The largest absolute Gasteiger partial charge is 0.382 e. The molecule has 0 saturated carbocycles. The van der Waals surface area contributed by atoms with E-state index in [1.54, 1.807) is 20.2 Å². The number of hydrogen-bond donors (Lipinski definition) is 3. The molecule has 0 heterocycles. The second-order valence-corrected chi connectivity index (χ2v) is 4.87. The predicted molar refractivity (Wildman–Crippen MR) is 91.7 cm³/mol. The number of aliphatic imine (C=N–C) groups is 1. The molecule has 0 bridgehead atoms. The van der Waals surface area contributed by atoms with Gasteiger partial charge in [0.2, 0.25) is 5.91 Å². The van der Waals surface area contributed by atoms with Crippen LogP contribution in [0.25, 0.3) is 0 Å². The first-order valence-corrected chi connectivity index (χ1v) is 7.72. The summed E-state index contributed by atoms with van der Waals surface area (Å²) in [5.74, 6) is -0.168. The van der Waals surface area contributed by atoms with Gasteiger partial charge in [-0.1, -0.05) is 6.07 Å². The van der Waals surface area contributed by atoms with E-state index in [1.165, 1.54) is 18.2 Å². The number of benzene rings is 1. The highest BCUT2D eigenvalue weighted by Gasteiger charge is 2.04. The molecule has 0 fully saturated rings. The van der Waals surface area contributed by atoms with Gasteiger partial charge in [-0.25, -0.2) is 4.39 Å². The van der Waals surface area contributed by atoms with Gasteiger partial charge in [0.1, 0.15) is 5.82 Å². The zero-order valence-corrected chi connectivity index (χ0v) is 14.1. The Morgan fingerprint density at radius 1 is 1.25 bits per heavy atom. The Morgan fingerprint density at radius 3 is 2.79 bits per heavy atom. The van der Waals surface area contributed by atoms with E-state index in [2.05, 4.69) is 20.9 Å². The molecule has 0 atom stereocenters. The number of nitrogens with one attached hydrogen (secondary N) is 3. The lowest BCUT2D eigenvalue weighted by atomic mass is 10.3. The van der Waals surface area contributed by atoms with Crippen molar-refractivity contribution in [3.05, 3.63) is 30.1 Å². The number of halogens is 1. The van der Waals surface area contributed by atoms with Gasteiger partial charge in [0, 0.05) is 33.0 Å². The minimum absolute atomic E-state index is 0.0283. The Labute approximate surface area is 141 Å². The van der Waals surface area contributed by atoms with Gasteiger partial charge in [0.25, 0.3) is 0 Å². The van der Waals surface area contributed by atoms with Crippen LogP contribution in [0.1, 0.15) is 6.42 Å². The Balaban J connectivity index is 2.18. The summed E-state index contributed by atoms with van der Waals surface area (Å²) >= 11 is 0. The van der Waals surface area contributed by atoms with Gasteiger partial charge >= 0.3 is 0 Å². The third kappa shape index (κ3) is 9.06. The maximum absolute atomic E-state index is 13.0. The summed E-state index contributed by atoms with van der Waals surface area (Å²) in [5.41, 5.74) is 0.415. The zero-order valence-electron chi connectivity index (χ0n) is 14.1. The molecular formula is C16H25FN4O3. The molecule has 1 aromatic rings. The number of anilines is 1. The summed E-state index contributed by atoms with van der Waals surface area (Å²) in [4.78, 5) is 15.8. The lowest BCUT2D eigenvalue weighted by molar-refractivity contribution is -0.115. The van der Waals surface area contributed by atoms with Gasteiger partial charge < -0.3 is 25.4 Å². The van der Waals surface area contributed by atoms with Crippen LogP contribution in [-0.4, -0.2) is 58.9 Å². The monoisotopic (exact) mass is 340 g/mol. The van der Waals surface area contributed by atoms with Crippen LogP contribution in [0, 0.1) is 5.82 Å². The molecular weight excluding hydrogens is 315 g/mol. The van der Waals surface area contributed by atoms with E-state index < -0.39 is 5.82 Å². The minimum atomic E-state index is -0.397. The minimum Gasteiger partial charge on any atom is -0.382 e. The summed E-state index contributed by atoms with van der Waals surface area (Å²) in [5, 5.41) is 8.57. The fourth-order valence-electron chi connectivity index (χ4n) is 1.78. The van der Waals surface area contributed by atoms with Crippen LogP contribution >= 0.6 is 0 Å². The fraction of sp³-hybridized carbons (Fsp3) is 0.500. The first kappa shape index (κ1) is 19.9. The Morgan fingerprint density at radius 2 is 2.08 bits per heavy atom. The molecule has 7 nitrogen and oxygen atoms in total. The van der Waals surface area contributed by atoms with E-state index in [9.17, 15) is 9.18 Å². The number of rotatable bonds is 10. The van der Waals surface area contributed by atoms with Gasteiger partial charge in [-0.2, -0.15) is 0 Å². The molecule has 8 heteroatoms. The summed E-state index contributed by atoms with van der Waals surface area (Å²) in [6.45, 7) is 2.47. The number of amides is 1. The SMILES string of the molecule is CN=C(NCCCOCCOC)NCC(=O)Nc1cccc(F)c1. The maximum Gasteiger partial charge on any atom is 0.243 e. The molecule has 1 amide bonds. The average molecular weight is 340 g/mol. The molecule has 0 aliphatic carbocycles. The van der Waals surface area contributed by atoms with Crippen LogP contribution in [0.2, 0.25) is 0 Å². The number of methoxy groups -OCH3 is 1. The van der Waals surface area contributed by atoms with Crippen molar-refractivity contribution >= 4 is 17.6 Å². The maximum atomic E-state index is 13.0. The van der Waals surface area contributed by atoms with Gasteiger partial charge in [-0.3, -0.25) is 9.79 Å². The van der Waals surface area contributed by atoms with Gasteiger partial charge in [0.05, 0.1) is 19.8 Å². The normalized spacial score (nSPS) is 11.2. The molecule has 0 aliphatic heterocycles. The number of guanidine groups is 1. The molecule has 0 radical (unpaired) electrons. The van der Waals surface area contributed by atoms with Crippen LogP contribution in [0.4, 0.5) is 10.1 Å². The van der Waals surface area contributed by atoms with Crippen LogP contribution in [0.5, 0.6) is 0 Å². The zero-order chi connectivity index (χ0) is 17.6. The number of ether oxygens (including phenoxy) is 2. The highest BCUT2D eigenvalue weighted by atomic mass is 19.1. The molecule has 1 rings (SSSR count). The molecule has 0 unspecified atom stereocenters. The van der Waals surface area contributed by atoms with Crippen molar-refractivity contribution in [2.75, 3.05) is 52.4 Å². The van der Waals surface area contributed by atoms with Crippen LogP contribution < -0.4 is 16.0 Å². The lowest BCUT2D eigenvalue weighted by Gasteiger charge is -2.12. The van der Waals surface area contributed by atoms with E-state index >= 15 is 0 Å². The molecule has 0 spiro atoms. The molecule has 0 saturated heterocycles. The summed E-state index contributed by atoms with van der Waals surface area (Å²) < 4.78 is 23.3. The summed E-state index contributed by atoms with van der Waals surface area (Å²) in [6, 6.07) is 5.73. The molecule has 0 aromatic heterocycles. The van der Waals surface area contributed by atoms with Crippen LogP contribution in [0.15, 0.2) is 29.3 Å². The molecule has 3 N–H and O–H groups in total. The van der Waals surface area contributed by atoms with Crippen molar-refractivity contribution < 1.29 is 18.7 Å². The Kier molecular flexibility index (Phi) is 10.1. The lowest BCUT2D eigenvalue weighted by Crippen LogP contribution is -2.41. The van der Waals surface area contributed by atoms with E-state index in [1.807, 2.05) is 0 Å². The summed E-state index contributed by atoms with van der Waals surface area (Å²) in [6.07, 6.45) is 0.805. The number of hydrogen-bond acceptors (Lipinski definition) is 4. The predicted octanol–water partition coefficient (Wildman–Crippen LogP) is 0.982. The highest BCUT2D eigenvalue weighted by molar-refractivity contribution is 5.94. The van der Waals surface area contributed by atoms with Crippen molar-refractivity contribution in [2.45, 2.75) is 6.42 Å². The van der Waals surface area contributed by atoms with Crippen molar-refractivity contribution in [3.8, 4) is 0 Å². The standard InChI is InChI=1S/C16H25FN4O3/c1-18-16(19-7-4-8-24-10-9-23-2)20-12-15(22)21-14-6-3-5-13(17)11-14/h3,5-6,11H,4,7-10,12H2,1-2H3,(H,21,22)(H2,18,19,20). The topological polar surface area (TPSA) is 84.0 Å². The number of carbonyl (C=O) groups excluding carboxylic acids is 1. The second-order valence-electron chi connectivity index (χ2n) is 4.87. The first-order chi connectivity index (χ1) is 11.7. The van der Waals surface area contributed by atoms with E-state index in [4.69, 9.17) is 9.47 Å². The average Bonchev–Trinajstić information content (AvgIpc) is 2.56. The third-order valence-corrected chi connectivity index (χ3v) is 2.94. The fourth-order valence-corrected chi connectivity index (χ4v) is 1.78. The second kappa shape index (κ2) is 12.3. The van der Waals surface area contributed by atoms with Crippen molar-refractivity contribution in [1.29, 1.82) is 0 Å². The number of nitrogens with zero attached hydrogens (tertiary/aromatic N) is 1. The van der Waals surface area contributed by atoms with E-state index in [0.717, 1.165) is 6.42 Å². The molecule has 0 aliphatic rings. The van der Waals surface area contributed by atoms with Crippen molar-refractivity contribution in [2.24, 2.45) is 4.99 Å². The molecule has 134 valence electrons. The molecule has 24 heavy (non-hydrogen) atoms. The van der Waals surface area contributed by atoms with Crippen LogP contribution in [0.3, 0.4) is 0 Å². The molecule has 1 aromatic carbocycles. The van der Waals surface area contributed by atoms with Gasteiger partial charge in [0.15, 0.2) is 5.96 Å². The highest BCUT2D eigenvalue weighted by Crippen LogP contribution is 2.08. The van der Waals surface area contributed by atoms with E-state index in [0.29, 0.717) is 38.0 Å². The Bertz CT molecular complexity index is 526. The third-order valence-electron chi connectivity index (χ3n) is 2.94. The Hall–Kier alpha value is -2.19. The van der Waals surface area contributed by atoms with Crippen molar-refractivity contribution in [1.82, 2.24) is 10.6 Å².